The number of phenols is 1. The molecule has 5 nitrogen and oxygen atoms in total. The topological polar surface area (TPSA) is 74.0 Å². The first-order valence-corrected chi connectivity index (χ1v) is 7.52. The number of nitrogens with one attached hydrogen (secondary N) is 1. The van der Waals surface area contributed by atoms with Crippen LogP contribution in [-0.4, -0.2) is 18.1 Å². The summed E-state index contributed by atoms with van der Waals surface area (Å²) in [5.41, 5.74) is 2.17. The van der Waals surface area contributed by atoms with Gasteiger partial charge in [-0.15, -0.1) is 0 Å². The highest BCUT2D eigenvalue weighted by molar-refractivity contribution is 6.11. The summed E-state index contributed by atoms with van der Waals surface area (Å²) in [6.45, 7) is 1.95. The fraction of sp³-hybridized carbons (Fsp3) is 0.105. The van der Waals surface area contributed by atoms with Crippen molar-refractivity contribution in [2.45, 2.75) is 6.92 Å². The van der Waals surface area contributed by atoms with E-state index in [0.717, 1.165) is 16.3 Å². The second-order valence-corrected chi connectivity index (χ2v) is 5.47. The van der Waals surface area contributed by atoms with Gasteiger partial charge in [0.05, 0.1) is 5.56 Å². The zero-order chi connectivity index (χ0) is 17.1. The third-order valence-corrected chi connectivity index (χ3v) is 3.72. The van der Waals surface area contributed by atoms with Crippen LogP contribution >= 0.6 is 0 Å². The van der Waals surface area contributed by atoms with E-state index in [1.807, 2.05) is 49.4 Å². The summed E-state index contributed by atoms with van der Waals surface area (Å²) in [5.74, 6) is -0.569. The van der Waals surface area contributed by atoms with Crippen LogP contribution in [0, 0.1) is 6.92 Å². The molecule has 0 radical (unpaired) electrons. The van der Waals surface area contributed by atoms with Gasteiger partial charge >= 0.3 is 0 Å². The van der Waals surface area contributed by atoms with Gasteiger partial charge in [0.15, 0.2) is 5.75 Å². The first kappa shape index (κ1) is 15.7. The minimum Gasteiger partial charge on any atom is -0.505 e. The van der Waals surface area contributed by atoms with Crippen LogP contribution < -0.4 is 5.32 Å². The van der Waals surface area contributed by atoms with Gasteiger partial charge in [0.1, 0.15) is 5.69 Å². The fourth-order valence-corrected chi connectivity index (χ4v) is 2.61. The van der Waals surface area contributed by atoms with Crippen LogP contribution in [0.3, 0.4) is 0 Å². The van der Waals surface area contributed by atoms with Crippen molar-refractivity contribution in [3.05, 3.63) is 65.7 Å². The Labute approximate surface area is 139 Å². The maximum absolute atomic E-state index is 12.6. The maximum Gasteiger partial charge on any atom is 0.259 e. The standard InChI is InChI=1S/C19H17N3O2/c1-12-6-5-8-14(10-12)21-19(24)16-11-13-7-3-4-9-15(13)17(18(16)23)22-20-2/h3-11,23H,1-2H3,(H,21,24). The molecule has 3 rings (SSSR count). The van der Waals surface area contributed by atoms with E-state index in [1.165, 1.54) is 7.05 Å². The molecule has 0 unspecified atom stereocenters. The van der Waals surface area contributed by atoms with Gasteiger partial charge in [-0.1, -0.05) is 36.4 Å². The van der Waals surface area contributed by atoms with Gasteiger partial charge in [0, 0.05) is 18.1 Å². The molecule has 0 aliphatic heterocycles. The number of nitrogens with zero attached hydrogens (tertiary/aromatic N) is 2. The number of aryl methyl sites for hydroxylation is 1. The van der Waals surface area contributed by atoms with Crippen LogP contribution in [-0.2, 0) is 0 Å². The highest BCUT2D eigenvalue weighted by Gasteiger charge is 2.18. The molecular formula is C19H17N3O2. The highest BCUT2D eigenvalue weighted by atomic mass is 16.3. The van der Waals surface area contributed by atoms with E-state index in [9.17, 15) is 9.90 Å². The van der Waals surface area contributed by atoms with Crippen molar-refractivity contribution in [1.82, 2.24) is 0 Å². The van der Waals surface area contributed by atoms with Gasteiger partial charge in [-0.2, -0.15) is 10.2 Å². The Morgan fingerprint density at radius 1 is 1.08 bits per heavy atom. The van der Waals surface area contributed by atoms with E-state index >= 15 is 0 Å². The van der Waals surface area contributed by atoms with Crippen LogP contribution in [0.2, 0.25) is 0 Å². The predicted molar refractivity (Wildman–Crippen MR) is 95.2 cm³/mol. The lowest BCUT2D eigenvalue weighted by molar-refractivity contribution is 0.102. The lowest BCUT2D eigenvalue weighted by Crippen LogP contribution is -2.12. The molecule has 120 valence electrons. The molecule has 0 atom stereocenters. The van der Waals surface area contributed by atoms with Crippen LogP contribution in [0.1, 0.15) is 15.9 Å². The summed E-state index contributed by atoms with van der Waals surface area (Å²) in [4.78, 5) is 12.6. The van der Waals surface area contributed by atoms with Crippen LogP contribution in [0.5, 0.6) is 5.75 Å². The number of hydrogen-bond acceptors (Lipinski definition) is 4. The van der Waals surface area contributed by atoms with E-state index in [1.54, 1.807) is 12.1 Å². The van der Waals surface area contributed by atoms with Gasteiger partial charge in [-0.25, -0.2) is 0 Å². The third-order valence-electron chi connectivity index (χ3n) is 3.72. The number of phenolic OH excluding ortho intramolecular Hbond substituents is 1. The van der Waals surface area contributed by atoms with Gasteiger partial charge < -0.3 is 10.4 Å². The molecule has 0 aliphatic rings. The Kier molecular flexibility index (Phi) is 4.24. The second kappa shape index (κ2) is 6.50. The molecule has 0 saturated heterocycles. The minimum absolute atomic E-state index is 0.164. The first-order chi connectivity index (χ1) is 11.6. The van der Waals surface area contributed by atoms with E-state index in [0.29, 0.717) is 11.4 Å². The Balaban J connectivity index is 2.08. The van der Waals surface area contributed by atoms with Crippen molar-refractivity contribution in [3.63, 3.8) is 0 Å². The number of aromatic hydroxyl groups is 1. The summed E-state index contributed by atoms with van der Waals surface area (Å²) >= 11 is 0. The summed E-state index contributed by atoms with van der Waals surface area (Å²) in [5, 5.41) is 22.6. The molecule has 0 heterocycles. The van der Waals surface area contributed by atoms with Gasteiger partial charge in [0.25, 0.3) is 5.91 Å². The molecule has 0 fully saturated rings. The fourth-order valence-electron chi connectivity index (χ4n) is 2.61. The molecular weight excluding hydrogens is 302 g/mol. The third kappa shape index (κ3) is 2.96. The Morgan fingerprint density at radius 3 is 2.62 bits per heavy atom. The molecule has 1 amide bonds. The Morgan fingerprint density at radius 2 is 1.88 bits per heavy atom. The number of rotatable bonds is 3. The van der Waals surface area contributed by atoms with Crippen molar-refractivity contribution in [3.8, 4) is 5.75 Å². The number of amides is 1. The normalized spacial score (nSPS) is 11.1. The maximum atomic E-state index is 12.6. The summed E-state index contributed by atoms with van der Waals surface area (Å²) < 4.78 is 0. The lowest BCUT2D eigenvalue weighted by atomic mass is 10.0. The number of anilines is 1. The number of fused-ring (bicyclic) bond motifs is 1. The van der Waals surface area contributed by atoms with E-state index in [2.05, 4.69) is 15.5 Å². The van der Waals surface area contributed by atoms with Crippen molar-refractivity contribution >= 4 is 28.1 Å². The number of benzene rings is 3. The summed E-state index contributed by atoms with van der Waals surface area (Å²) in [7, 11) is 1.52. The van der Waals surface area contributed by atoms with Gasteiger partial charge in [0.2, 0.25) is 0 Å². The van der Waals surface area contributed by atoms with E-state index in [4.69, 9.17) is 0 Å². The second-order valence-electron chi connectivity index (χ2n) is 5.47. The van der Waals surface area contributed by atoms with Crippen molar-refractivity contribution < 1.29 is 9.90 Å². The monoisotopic (exact) mass is 319 g/mol. The molecule has 3 aromatic rings. The molecule has 0 spiro atoms. The highest BCUT2D eigenvalue weighted by Crippen LogP contribution is 2.38. The predicted octanol–water partition coefficient (Wildman–Crippen LogP) is 4.82. The molecule has 0 saturated carbocycles. The zero-order valence-electron chi connectivity index (χ0n) is 13.4. The summed E-state index contributed by atoms with van der Waals surface area (Å²) in [6, 6.07) is 16.6. The SMILES string of the molecule is CN=Nc1c(O)c(C(=O)Nc2cccc(C)c2)cc2ccccc12. The molecule has 3 aromatic carbocycles. The van der Waals surface area contributed by atoms with E-state index in [-0.39, 0.29) is 11.3 Å². The lowest BCUT2D eigenvalue weighted by Gasteiger charge is -2.11. The molecule has 0 bridgehead atoms. The Hall–Kier alpha value is -3.21. The average Bonchev–Trinajstić information content (AvgIpc) is 2.57. The largest absolute Gasteiger partial charge is 0.505 e. The average molecular weight is 319 g/mol. The van der Waals surface area contributed by atoms with Crippen molar-refractivity contribution in [2.75, 3.05) is 12.4 Å². The van der Waals surface area contributed by atoms with Crippen LogP contribution in [0.25, 0.3) is 10.8 Å². The van der Waals surface area contributed by atoms with E-state index < -0.39 is 5.91 Å². The zero-order valence-corrected chi connectivity index (χ0v) is 13.4. The number of azo groups is 1. The molecule has 24 heavy (non-hydrogen) atoms. The van der Waals surface area contributed by atoms with Gasteiger partial charge in [-0.3, -0.25) is 4.79 Å². The van der Waals surface area contributed by atoms with Gasteiger partial charge in [-0.05, 0) is 36.1 Å². The minimum atomic E-state index is -0.392. The molecule has 2 N–H and O–H groups in total. The number of carbonyl (C=O) groups excluding carboxylic acids is 1. The molecule has 5 heteroatoms. The molecule has 0 aliphatic carbocycles. The quantitative estimate of drug-likeness (QED) is 0.679. The number of carbonyl (C=O) groups is 1. The Bertz CT molecular complexity index is 948. The van der Waals surface area contributed by atoms with Crippen LogP contribution in [0.4, 0.5) is 11.4 Å². The number of hydrogen-bond donors (Lipinski definition) is 2. The first-order valence-electron chi connectivity index (χ1n) is 7.52. The molecule has 0 aromatic heterocycles. The van der Waals surface area contributed by atoms with Crippen molar-refractivity contribution in [1.29, 1.82) is 0 Å². The summed E-state index contributed by atoms with van der Waals surface area (Å²) in [6.07, 6.45) is 0. The van der Waals surface area contributed by atoms with Crippen molar-refractivity contribution in [2.24, 2.45) is 10.2 Å². The van der Waals surface area contributed by atoms with Crippen LogP contribution in [0.15, 0.2) is 64.8 Å². The smallest absolute Gasteiger partial charge is 0.259 e.